The number of benzene rings is 2. The molecule has 22 heavy (non-hydrogen) atoms. The highest BCUT2D eigenvalue weighted by Gasteiger charge is 2.37. The minimum Gasteiger partial charge on any atom is -0.378 e. The quantitative estimate of drug-likeness (QED) is 0.749. The molecule has 0 aromatic heterocycles. The van der Waals surface area contributed by atoms with Crippen LogP contribution in [-0.4, -0.2) is 0 Å². The Kier molecular flexibility index (Phi) is 3.25. The molecular formula is C20H20FN. The van der Waals surface area contributed by atoms with Crippen LogP contribution in [0.5, 0.6) is 0 Å². The molecule has 2 heteroatoms. The van der Waals surface area contributed by atoms with Crippen molar-refractivity contribution in [2.24, 2.45) is 5.92 Å². The van der Waals surface area contributed by atoms with Crippen LogP contribution in [0.2, 0.25) is 0 Å². The standard InChI is InChI=1S/C20H20FN/c1-2-13-6-8-14(9-7-13)20-17-5-3-4-16(17)18-12-15(21)10-11-19(18)22-20/h3-4,6-12,16-17,20,22H,2,5H2,1H3/t16-,17-,20-/m0/s1. The Morgan fingerprint density at radius 3 is 2.73 bits per heavy atom. The van der Waals surface area contributed by atoms with E-state index in [1.165, 1.54) is 11.1 Å². The lowest BCUT2D eigenvalue weighted by molar-refractivity contribution is 0.424. The van der Waals surface area contributed by atoms with E-state index in [9.17, 15) is 4.39 Å². The van der Waals surface area contributed by atoms with Crippen LogP contribution in [0.25, 0.3) is 0 Å². The molecule has 1 N–H and O–H groups in total. The molecule has 2 aromatic rings. The summed E-state index contributed by atoms with van der Waals surface area (Å²) in [6.45, 7) is 2.18. The number of hydrogen-bond donors (Lipinski definition) is 1. The fourth-order valence-electron chi connectivity index (χ4n) is 3.86. The summed E-state index contributed by atoms with van der Waals surface area (Å²) < 4.78 is 13.6. The summed E-state index contributed by atoms with van der Waals surface area (Å²) in [4.78, 5) is 0. The summed E-state index contributed by atoms with van der Waals surface area (Å²) in [5, 5.41) is 3.64. The van der Waals surface area contributed by atoms with Gasteiger partial charge >= 0.3 is 0 Å². The van der Waals surface area contributed by atoms with E-state index >= 15 is 0 Å². The van der Waals surface area contributed by atoms with Gasteiger partial charge in [-0.05, 0) is 53.6 Å². The molecule has 1 aliphatic heterocycles. The van der Waals surface area contributed by atoms with E-state index in [-0.39, 0.29) is 5.82 Å². The largest absolute Gasteiger partial charge is 0.378 e. The highest BCUT2D eigenvalue weighted by atomic mass is 19.1. The van der Waals surface area contributed by atoms with E-state index in [1.54, 1.807) is 12.1 Å². The monoisotopic (exact) mass is 293 g/mol. The van der Waals surface area contributed by atoms with E-state index in [0.717, 1.165) is 24.1 Å². The lowest BCUT2D eigenvalue weighted by atomic mass is 9.77. The van der Waals surface area contributed by atoms with Crippen molar-refractivity contribution in [1.82, 2.24) is 0 Å². The maximum Gasteiger partial charge on any atom is 0.123 e. The Balaban J connectivity index is 1.74. The number of anilines is 1. The van der Waals surface area contributed by atoms with Crippen LogP contribution in [0.4, 0.5) is 10.1 Å². The van der Waals surface area contributed by atoms with Gasteiger partial charge in [0.25, 0.3) is 0 Å². The van der Waals surface area contributed by atoms with Crippen molar-refractivity contribution < 1.29 is 4.39 Å². The first-order chi connectivity index (χ1) is 10.8. The number of hydrogen-bond acceptors (Lipinski definition) is 1. The molecule has 0 saturated heterocycles. The molecule has 2 aliphatic rings. The van der Waals surface area contributed by atoms with Crippen molar-refractivity contribution in [1.29, 1.82) is 0 Å². The van der Waals surface area contributed by atoms with E-state index in [1.807, 2.05) is 6.07 Å². The van der Waals surface area contributed by atoms with Gasteiger partial charge in [-0.3, -0.25) is 0 Å². The van der Waals surface area contributed by atoms with Crippen LogP contribution in [0, 0.1) is 11.7 Å². The molecule has 1 nitrogen and oxygen atoms in total. The summed E-state index contributed by atoms with van der Waals surface area (Å²) in [5.74, 6) is 0.648. The second-order valence-electron chi connectivity index (χ2n) is 6.30. The number of fused-ring (bicyclic) bond motifs is 3. The smallest absolute Gasteiger partial charge is 0.123 e. The Morgan fingerprint density at radius 2 is 1.95 bits per heavy atom. The number of aryl methyl sites for hydroxylation is 1. The number of allylic oxidation sites excluding steroid dienone is 2. The molecule has 112 valence electrons. The molecule has 0 spiro atoms. The Morgan fingerprint density at radius 1 is 1.14 bits per heavy atom. The number of halogens is 1. The van der Waals surface area contributed by atoms with E-state index in [0.29, 0.717) is 17.9 Å². The summed E-state index contributed by atoms with van der Waals surface area (Å²) in [7, 11) is 0. The maximum atomic E-state index is 13.6. The van der Waals surface area contributed by atoms with Crippen molar-refractivity contribution in [3.05, 3.63) is 77.1 Å². The molecule has 2 aromatic carbocycles. The second kappa shape index (κ2) is 5.28. The predicted octanol–water partition coefficient (Wildman–Crippen LogP) is 5.21. The van der Waals surface area contributed by atoms with Crippen LogP contribution in [0.1, 0.15) is 42.0 Å². The van der Waals surface area contributed by atoms with Crippen LogP contribution in [-0.2, 0) is 6.42 Å². The first-order valence-electron chi connectivity index (χ1n) is 8.07. The lowest BCUT2D eigenvalue weighted by Crippen LogP contribution is -2.29. The van der Waals surface area contributed by atoms with Gasteiger partial charge in [-0.15, -0.1) is 0 Å². The zero-order valence-corrected chi connectivity index (χ0v) is 12.7. The number of nitrogens with one attached hydrogen (secondary N) is 1. The van der Waals surface area contributed by atoms with Gasteiger partial charge in [0.05, 0.1) is 6.04 Å². The van der Waals surface area contributed by atoms with Gasteiger partial charge in [-0.2, -0.15) is 0 Å². The molecule has 0 bridgehead atoms. The third-order valence-electron chi connectivity index (χ3n) is 5.07. The molecule has 1 aliphatic carbocycles. The van der Waals surface area contributed by atoms with Gasteiger partial charge in [0.1, 0.15) is 5.82 Å². The average molecular weight is 293 g/mol. The Labute approximate surface area is 130 Å². The van der Waals surface area contributed by atoms with Crippen molar-refractivity contribution in [2.45, 2.75) is 31.7 Å². The Bertz CT molecular complexity index is 717. The highest BCUT2D eigenvalue weighted by Crippen LogP contribution is 2.49. The maximum absolute atomic E-state index is 13.6. The highest BCUT2D eigenvalue weighted by molar-refractivity contribution is 5.59. The normalized spacial score (nSPS) is 25.5. The minimum atomic E-state index is -0.148. The molecule has 3 atom stereocenters. The van der Waals surface area contributed by atoms with Gasteiger partial charge < -0.3 is 5.32 Å². The first kappa shape index (κ1) is 13.6. The first-order valence-corrected chi connectivity index (χ1v) is 8.07. The molecule has 0 amide bonds. The third kappa shape index (κ3) is 2.14. The molecule has 0 fully saturated rings. The molecule has 4 rings (SSSR count). The van der Waals surface area contributed by atoms with Gasteiger partial charge in [0, 0.05) is 11.6 Å². The lowest BCUT2D eigenvalue weighted by Gasteiger charge is -2.37. The van der Waals surface area contributed by atoms with Crippen LogP contribution in [0.3, 0.4) is 0 Å². The van der Waals surface area contributed by atoms with E-state index < -0.39 is 0 Å². The van der Waals surface area contributed by atoms with Crippen molar-refractivity contribution in [3.63, 3.8) is 0 Å². The van der Waals surface area contributed by atoms with Gasteiger partial charge in [0.2, 0.25) is 0 Å². The van der Waals surface area contributed by atoms with E-state index in [2.05, 4.69) is 48.7 Å². The van der Waals surface area contributed by atoms with Gasteiger partial charge in [0.15, 0.2) is 0 Å². The Hall–Kier alpha value is -2.09. The van der Waals surface area contributed by atoms with Gasteiger partial charge in [-0.1, -0.05) is 43.3 Å². The third-order valence-corrected chi connectivity index (χ3v) is 5.07. The van der Waals surface area contributed by atoms with Crippen LogP contribution in [0.15, 0.2) is 54.6 Å². The molecule has 1 heterocycles. The summed E-state index contributed by atoms with van der Waals surface area (Å²) >= 11 is 0. The summed E-state index contributed by atoms with van der Waals surface area (Å²) in [6, 6.07) is 14.3. The topological polar surface area (TPSA) is 12.0 Å². The zero-order valence-electron chi connectivity index (χ0n) is 12.7. The van der Waals surface area contributed by atoms with Crippen LogP contribution < -0.4 is 5.32 Å². The van der Waals surface area contributed by atoms with Crippen LogP contribution >= 0.6 is 0 Å². The molecule has 0 radical (unpaired) electrons. The van der Waals surface area contributed by atoms with E-state index in [4.69, 9.17) is 0 Å². The van der Waals surface area contributed by atoms with Crippen molar-refractivity contribution in [3.8, 4) is 0 Å². The predicted molar refractivity (Wildman–Crippen MR) is 88.6 cm³/mol. The molecular weight excluding hydrogens is 273 g/mol. The average Bonchev–Trinajstić information content (AvgIpc) is 3.04. The summed E-state index contributed by atoms with van der Waals surface area (Å²) in [5.41, 5.74) is 4.85. The second-order valence-corrected chi connectivity index (χ2v) is 6.30. The number of rotatable bonds is 2. The molecule has 0 unspecified atom stereocenters. The SMILES string of the molecule is CCc1ccc([C@@H]2Nc3ccc(F)cc3[C@H]3C=CC[C@@H]32)cc1. The van der Waals surface area contributed by atoms with Crippen molar-refractivity contribution >= 4 is 5.69 Å². The fraction of sp³-hybridized carbons (Fsp3) is 0.300. The summed E-state index contributed by atoms with van der Waals surface area (Å²) in [6.07, 6.45) is 6.60. The zero-order chi connectivity index (χ0) is 15.1. The fourth-order valence-corrected chi connectivity index (χ4v) is 3.86. The van der Waals surface area contributed by atoms with Crippen molar-refractivity contribution in [2.75, 3.05) is 5.32 Å². The van der Waals surface area contributed by atoms with Gasteiger partial charge in [-0.25, -0.2) is 4.39 Å². The minimum absolute atomic E-state index is 0.148. The molecule has 0 saturated carbocycles.